The first-order valence-electron chi connectivity index (χ1n) is 7.33. The molecule has 0 saturated carbocycles. The third-order valence-corrected chi connectivity index (χ3v) is 3.80. The van der Waals surface area contributed by atoms with E-state index in [1.165, 1.54) is 12.1 Å². The number of nitrogens with zero attached hydrogens (tertiary/aromatic N) is 2. The topological polar surface area (TPSA) is 72.7 Å². The van der Waals surface area contributed by atoms with Crippen LogP contribution in [0, 0.1) is 10.1 Å². The van der Waals surface area contributed by atoms with Crippen LogP contribution in [0.2, 0.25) is 0 Å². The monoisotopic (exact) mass is 304 g/mol. The van der Waals surface area contributed by atoms with Crippen LogP contribution in [0.5, 0.6) is 0 Å². The van der Waals surface area contributed by atoms with Crippen molar-refractivity contribution in [2.24, 2.45) is 0 Å². The molecule has 0 N–H and O–H groups in total. The Balaban J connectivity index is 1.94. The van der Waals surface area contributed by atoms with Crippen LogP contribution >= 0.6 is 0 Å². The van der Waals surface area contributed by atoms with Crippen molar-refractivity contribution in [2.45, 2.75) is 32.2 Å². The second kappa shape index (κ2) is 7.06. The molecule has 1 fully saturated rings. The van der Waals surface area contributed by atoms with E-state index < -0.39 is 4.92 Å². The van der Waals surface area contributed by atoms with Gasteiger partial charge in [0.05, 0.1) is 11.5 Å². The number of carbonyl (C=O) groups is 1. The molecular weight excluding hydrogens is 284 g/mol. The highest BCUT2D eigenvalue weighted by atomic mass is 16.6. The molecule has 0 amide bonds. The molecule has 1 aliphatic rings. The van der Waals surface area contributed by atoms with Crippen molar-refractivity contribution in [1.29, 1.82) is 0 Å². The van der Waals surface area contributed by atoms with Gasteiger partial charge in [-0.2, -0.15) is 0 Å². The van der Waals surface area contributed by atoms with Crippen LogP contribution in [0.3, 0.4) is 0 Å². The van der Waals surface area contributed by atoms with E-state index in [0.717, 1.165) is 31.5 Å². The van der Waals surface area contributed by atoms with Crippen LogP contribution in [0.15, 0.2) is 36.4 Å². The van der Waals surface area contributed by atoms with Crippen molar-refractivity contribution in [3.05, 3.63) is 46.5 Å². The molecule has 1 saturated heterocycles. The maximum atomic E-state index is 11.4. The molecule has 0 bridgehead atoms. The minimum atomic E-state index is -0.400. The first kappa shape index (κ1) is 16.0. The summed E-state index contributed by atoms with van der Waals surface area (Å²) in [5.41, 5.74) is 1.47. The van der Waals surface area contributed by atoms with E-state index in [2.05, 4.69) is 11.5 Å². The Morgan fingerprint density at radius 1 is 1.45 bits per heavy atom. The number of hydrogen-bond acceptors (Lipinski definition) is 5. The second-order valence-electron chi connectivity index (χ2n) is 5.47. The van der Waals surface area contributed by atoms with E-state index in [9.17, 15) is 14.9 Å². The van der Waals surface area contributed by atoms with Crippen molar-refractivity contribution in [2.75, 3.05) is 18.1 Å². The van der Waals surface area contributed by atoms with E-state index in [0.29, 0.717) is 18.2 Å². The second-order valence-corrected chi connectivity index (χ2v) is 5.47. The van der Waals surface area contributed by atoms with Crippen LogP contribution in [-0.4, -0.2) is 30.1 Å². The Hall–Kier alpha value is -2.37. The van der Waals surface area contributed by atoms with Crippen LogP contribution in [0.1, 0.15) is 26.2 Å². The number of nitro benzene ring substituents is 1. The third-order valence-electron chi connectivity index (χ3n) is 3.80. The molecule has 22 heavy (non-hydrogen) atoms. The quantitative estimate of drug-likeness (QED) is 0.349. The zero-order valence-electron chi connectivity index (χ0n) is 12.7. The zero-order chi connectivity index (χ0) is 16.1. The van der Waals surface area contributed by atoms with Gasteiger partial charge in [-0.25, -0.2) is 4.79 Å². The fourth-order valence-electron chi connectivity index (χ4n) is 2.65. The fraction of sp³-hybridized carbons (Fsp3) is 0.438. The van der Waals surface area contributed by atoms with Gasteiger partial charge in [0.1, 0.15) is 0 Å². The molecule has 0 spiro atoms. The molecule has 2 rings (SSSR count). The van der Waals surface area contributed by atoms with E-state index in [4.69, 9.17) is 4.74 Å². The zero-order valence-corrected chi connectivity index (χ0v) is 12.7. The molecule has 0 aliphatic carbocycles. The van der Waals surface area contributed by atoms with Crippen LogP contribution in [-0.2, 0) is 9.53 Å². The number of anilines is 1. The van der Waals surface area contributed by atoms with Gasteiger partial charge in [-0.3, -0.25) is 10.1 Å². The van der Waals surface area contributed by atoms with Crippen molar-refractivity contribution in [3.63, 3.8) is 0 Å². The fourth-order valence-corrected chi connectivity index (χ4v) is 2.65. The van der Waals surface area contributed by atoms with Gasteiger partial charge in [-0.1, -0.05) is 6.58 Å². The Morgan fingerprint density at radius 3 is 2.73 bits per heavy atom. The van der Waals surface area contributed by atoms with E-state index in [1.807, 2.05) is 0 Å². The molecule has 1 aliphatic heterocycles. The minimum Gasteiger partial charge on any atom is -0.462 e. The minimum absolute atomic E-state index is 0.0925. The SMILES string of the molecule is C=C(C)C(=O)OCCC1CCCN1c1ccc([N+](=O)[O-])cc1. The summed E-state index contributed by atoms with van der Waals surface area (Å²) in [6.45, 7) is 6.45. The van der Waals surface area contributed by atoms with Gasteiger partial charge in [0.2, 0.25) is 0 Å². The van der Waals surface area contributed by atoms with Crippen LogP contribution in [0.25, 0.3) is 0 Å². The number of carbonyl (C=O) groups excluding carboxylic acids is 1. The Kier molecular flexibility index (Phi) is 5.14. The molecular formula is C16H20N2O4. The van der Waals surface area contributed by atoms with Gasteiger partial charge < -0.3 is 9.64 Å². The molecule has 1 atom stereocenters. The van der Waals surface area contributed by atoms with Gasteiger partial charge in [0.25, 0.3) is 5.69 Å². The van der Waals surface area contributed by atoms with Gasteiger partial charge in [0.15, 0.2) is 0 Å². The van der Waals surface area contributed by atoms with Crippen molar-refractivity contribution < 1.29 is 14.5 Å². The molecule has 0 radical (unpaired) electrons. The van der Waals surface area contributed by atoms with E-state index >= 15 is 0 Å². The summed E-state index contributed by atoms with van der Waals surface area (Å²) in [6.07, 6.45) is 2.84. The average molecular weight is 304 g/mol. The summed E-state index contributed by atoms with van der Waals surface area (Å²) in [5.74, 6) is -0.361. The van der Waals surface area contributed by atoms with Crippen LogP contribution < -0.4 is 4.90 Å². The molecule has 1 aromatic rings. The predicted molar refractivity (Wildman–Crippen MR) is 83.9 cm³/mol. The van der Waals surface area contributed by atoms with Crippen molar-refractivity contribution in [3.8, 4) is 0 Å². The maximum Gasteiger partial charge on any atom is 0.333 e. The standard InChI is InChI=1S/C16H20N2O4/c1-12(2)16(19)22-11-9-13-4-3-10-17(13)14-5-7-15(8-6-14)18(20)21/h5-8,13H,1,3-4,9-11H2,2H3. The van der Waals surface area contributed by atoms with Gasteiger partial charge >= 0.3 is 5.97 Å². The number of nitro groups is 1. The number of esters is 1. The van der Waals surface area contributed by atoms with E-state index in [1.54, 1.807) is 19.1 Å². The molecule has 118 valence electrons. The first-order valence-corrected chi connectivity index (χ1v) is 7.33. The average Bonchev–Trinajstić information content (AvgIpc) is 2.95. The van der Waals surface area contributed by atoms with Gasteiger partial charge in [0, 0.05) is 42.4 Å². The normalized spacial score (nSPS) is 17.3. The smallest absolute Gasteiger partial charge is 0.333 e. The van der Waals surface area contributed by atoms with E-state index in [-0.39, 0.29) is 11.7 Å². The summed E-state index contributed by atoms with van der Waals surface area (Å²) in [6, 6.07) is 6.88. The summed E-state index contributed by atoms with van der Waals surface area (Å²) in [7, 11) is 0. The van der Waals surface area contributed by atoms with Crippen molar-refractivity contribution >= 4 is 17.3 Å². The first-order chi connectivity index (χ1) is 10.5. The summed E-state index contributed by atoms with van der Waals surface area (Å²) in [4.78, 5) is 23.9. The summed E-state index contributed by atoms with van der Waals surface area (Å²) in [5, 5.41) is 10.7. The van der Waals surface area contributed by atoms with Gasteiger partial charge in [-0.05, 0) is 31.9 Å². The molecule has 1 unspecified atom stereocenters. The highest BCUT2D eigenvalue weighted by Crippen LogP contribution is 2.28. The molecule has 6 nitrogen and oxygen atoms in total. The third kappa shape index (κ3) is 3.84. The summed E-state index contributed by atoms with van der Waals surface area (Å²) >= 11 is 0. The lowest BCUT2D eigenvalue weighted by Crippen LogP contribution is -2.30. The Morgan fingerprint density at radius 2 is 2.14 bits per heavy atom. The Bertz CT molecular complexity index is 568. The lowest BCUT2D eigenvalue weighted by Gasteiger charge is -2.26. The molecule has 0 aromatic heterocycles. The lowest BCUT2D eigenvalue weighted by atomic mass is 10.1. The van der Waals surface area contributed by atoms with Gasteiger partial charge in [-0.15, -0.1) is 0 Å². The number of ether oxygens (including phenoxy) is 1. The summed E-state index contributed by atoms with van der Waals surface area (Å²) < 4.78 is 5.15. The molecule has 1 aromatic carbocycles. The largest absolute Gasteiger partial charge is 0.462 e. The maximum absolute atomic E-state index is 11.4. The van der Waals surface area contributed by atoms with Crippen LogP contribution in [0.4, 0.5) is 11.4 Å². The lowest BCUT2D eigenvalue weighted by molar-refractivity contribution is -0.384. The molecule has 6 heteroatoms. The molecule has 1 heterocycles. The number of hydrogen-bond donors (Lipinski definition) is 0. The Labute approximate surface area is 129 Å². The highest BCUT2D eigenvalue weighted by molar-refractivity contribution is 5.86. The predicted octanol–water partition coefficient (Wildman–Crippen LogP) is 3.07. The highest BCUT2D eigenvalue weighted by Gasteiger charge is 2.25. The number of benzene rings is 1. The number of rotatable bonds is 6. The van der Waals surface area contributed by atoms with Crippen molar-refractivity contribution in [1.82, 2.24) is 0 Å². The number of non-ortho nitro benzene ring substituents is 1.